The van der Waals surface area contributed by atoms with E-state index in [0.717, 1.165) is 30.0 Å². The molecule has 6 nitrogen and oxygen atoms in total. The molecule has 24 heavy (non-hydrogen) atoms. The average molecular weight is 388 g/mol. The van der Waals surface area contributed by atoms with Crippen molar-refractivity contribution in [2.24, 2.45) is 15.5 Å². The zero-order chi connectivity index (χ0) is 18.6. The Morgan fingerprint density at radius 1 is 0.583 bits per heavy atom. The maximum Gasteiger partial charge on any atom is 0.278 e. The van der Waals surface area contributed by atoms with Crippen molar-refractivity contribution >= 4 is 42.1 Å². The second-order valence-electron chi connectivity index (χ2n) is 9.02. The van der Waals surface area contributed by atoms with Crippen LogP contribution in [0, 0.1) is 0 Å². The molecule has 138 valence electrons. The zero-order valence-corrected chi connectivity index (χ0v) is 19.7. The Bertz CT molecular complexity index is 527. The molecule has 1 aliphatic carbocycles. The van der Waals surface area contributed by atoms with Crippen LogP contribution in [0.25, 0.3) is 0 Å². The molecule has 1 saturated carbocycles. The fraction of sp³-hybridized carbons (Fsp3) is 0.800. The van der Waals surface area contributed by atoms with Gasteiger partial charge in [0.1, 0.15) is 11.4 Å². The smallest absolute Gasteiger partial charge is 0.278 e. The molecule has 0 aromatic rings. The van der Waals surface area contributed by atoms with E-state index in [2.05, 4.69) is 74.4 Å². The van der Waals surface area contributed by atoms with Crippen LogP contribution in [0.3, 0.4) is 0 Å². The predicted molar refractivity (Wildman–Crippen MR) is 109 cm³/mol. The second kappa shape index (κ2) is 7.96. The van der Waals surface area contributed by atoms with Gasteiger partial charge >= 0.3 is 0 Å². The molecule has 1 aliphatic rings. The van der Waals surface area contributed by atoms with Crippen LogP contribution in [-0.2, 0) is 13.6 Å². The van der Waals surface area contributed by atoms with Gasteiger partial charge in [0.25, 0.3) is 25.0 Å². The van der Waals surface area contributed by atoms with Crippen molar-refractivity contribution in [1.29, 1.82) is 0 Å². The first-order chi connectivity index (χ1) is 10.8. The van der Waals surface area contributed by atoms with Crippen molar-refractivity contribution in [3.05, 3.63) is 0 Å². The lowest BCUT2D eigenvalue weighted by molar-refractivity contribution is 0.326. The van der Waals surface area contributed by atoms with E-state index < -0.39 is 25.0 Å². The summed E-state index contributed by atoms with van der Waals surface area (Å²) < 4.78 is 17.1. The highest BCUT2D eigenvalue weighted by Crippen LogP contribution is 2.17. The highest BCUT2D eigenvalue weighted by Gasteiger charge is 2.26. The van der Waals surface area contributed by atoms with Gasteiger partial charge in [0, 0.05) is 12.8 Å². The summed E-state index contributed by atoms with van der Waals surface area (Å²) >= 11 is 0. The molecule has 0 aliphatic heterocycles. The molecule has 0 bridgehead atoms. The molecule has 0 N–H and O–H groups in total. The summed E-state index contributed by atoms with van der Waals surface area (Å²) in [5, 5.41) is 13.1. The monoisotopic (exact) mass is 387 g/mol. The molecule has 0 atom stereocenters. The van der Waals surface area contributed by atoms with Gasteiger partial charge in [-0.15, -0.1) is 15.5 Å². The van der Waals surface area contributed by atoms with Gasteiger partial charge in [0.15, 0.2) is 0 Å². The van der Waals surface area contributed by atoms with Gasteiger partial charge in [-0.3, -0.25) is 0 Å². The Kier molecular flexibility index (Phi) is 7.00. The fourth-order valence-corrected chi connectivity index (χ4v) is 2.81. The lowest BCUT2D eigenvalue weighted by Crippen LogP contribution is -2.31. The Balaban J connectivity index is 2.95. The molecule has 0 unspecified atom stereocenters. The maximum atomic E-state index is 5.74. The third kappa shape index (κ3) is 9.38. The summed E-state index contributed by atoms with van der Waals surface area (Å²) in [6, 6.07) is 0. The van der Waals surface area contributed by atoms with Crippen molar-refractivity contribution in [1.82, 2.24) is 0 Å². The molecular formula is C15H33N3O3Si3. The number of nitrogens with zero attached hydrogens (tertiary/aromatic N) is 3. The minimum Gasteiger partial charge on any atom is -0.456 e. The Morgan fingerprint density at radius 3 is 1.46 bits per heavy atom. The van der Waals surface area contributed by atoms with Crippen LogP contribution in [0.5, 0.6) is 0 Å². The standard InChI is InChI=1S/C15H33N3O3Si3/c1-22(2,3)19-16-13-10-11-14(17-20-23(4,5)6)15(12-13)18-21-24(7,8)9/h10-12H2,1-9H3/b16-13+,17-14-,18-15+. The molecule has 0 aromatic carbocycles. The van der Waals surface area contributed by atoms with Crippen LogP contribution in [0.15, 0.2) is 15.5 Å². The van der Waals surface area contributed by atoms with Crippen LogP contribution in [0.1, 0.15) is 19.3 Å². The minimum absolute atomic E-state index is 0.614. The van der Waals surface area contributed by atoms with E-state index >= 15 is 0 Å². The van der Waals surface area contributed by atoms with Crippen molar-refractivity contribution in [2.75, 3.05) is 0 Å². The van der Waals surface area contributed by atoms with Crippen molar-refractivity contribution in [3.8, 4) is 0 Å². The molecule has 0 heterocycles. The summed E-state index contributed by atoms with van der Waals surface area (Å²) in [7, 11) is -5.12. The SMILES string of the molecule is C[Si](C)(C)O/N=C1/CC/C(=N\O[Si](C)(C)C)C/C1=N\O[Si](C)(C)C. The van der Waals surface area contributed by atoms with E-state index in [9.17, 15) is 0 Å². The van der Waals surface area contributed by atoms with Gasteiger partial charge in [-0.2, -0.15) is 0 Å². The average Bonchev–Trinajstić information content (AvgIpc) is 2.39. The highest BCUT2D eigenvalue weighted by molar-refractivity contribution is 6.70. The second-order valence-corrected chi connectivity index (χ2v) is 22.2. The zero-order valence-electron chi connectivity index (χ0n) is 16.7. The highest BCUT2D eigenvalue weighted by atomic mass is 28.4. The summed E-state index contributed by atoms with van der Waals surface area (Å²) in [6.45, 7) is 19.0. The number of rotatable bonds is 6. The largest absolute Gasteiger partial charge is 0.456 e. The van der Waals surface area contributed by atoms with Crippen molar-refractivity contribution in [3.63, 3.8) is 0 Å². The quantitative estimate of drug-likeness (QED) is 0.486. The van der Waals surface area contributed by atoms with E-state index in [0.29, 0.717) is 6.42 Å². The van der Waals surface area contributed by atoms with Gasteiger partial charge < -0.3 is 13.6 Å². The van der Waals surface area contributed by atoms with Gasteiger partial charge in [-0.1, -0.05) is 0 Å². The van der Waals surface area contributed by atoms with Gasteiger partial charge in [-0.25, -0.2) is 0 Å². The number of hydrogen-bond acceptors (Lipinski definition) is 6. The van der Waals surface area contributed by atoms with Crippen molar-refractivity contribution < 1.29 is 13.6 Å². The molecule has 0 aromatic heterocycles. The van der Waals surface area contributed by atoms with E-state index in [1.165, 1.54) is 0 Å². The lowest BCUT2D eigenvalue weighted by atomic mass is 9.95. The summed E-state index contributed by atoms with van der Waals surface area (Å²) in [5.74, 6) is 0. The first-order valence-electron chi connectivity index (χ1n) is 8.50. The van der Waals surface area contributed by atoms with Gasteiger partial charge in [0.05, 0.1) is 5.71 Å². The van der Waals surface area contributed by atoms with E-state index in [1.807, 2.05) is 0 Å². The topological polar surface area (TPSA) is 64.8 Å². The molecule has 1 fully saturated rings. The molecule has 0 radical (unpaired) electrons. The van der Waals surface area contributed by atoms with Crippen LogP contribution < -0.4 is 0 Å². The molecule has 0 amide bonds. The first kappa shape index (κ1) is 21.1. The van der Waals surface area contributed by atoms with Crippen LogP contribution >= 0.6 is 0 Å². The maximum absolute atomic E-state index is 5.74. The Hall–Kier alpha value is -0.939. The Labute approximate surface area is 149 Å². The molecule has 0 spiro atoms. The summed E-state index contributed by atoms with van der Waals surface area (Å²) in [5.41, 5.74) is 2.70. The molecular weight excluding hydrogens is 354 g/mol. The molecule has 1 rings (SSSR count). The summed E-state index contributed by atoms with van der Waals surface area (Å²) in [4.78, 5) is 0. The van der Waals surface area contributed by atoms with E-state index in [-0.39, 0.29) is 0 Å². The number of oxime groups is 3. The van der Waals surface area contributed by atoms with Crippen LogP contribution in [0.4, 0.5) is 0 Å². The molecule has 0 saturated heterocycles. The lowest BCUT2D eigenvalue weighted by Gasteiger charge is -2.22. The van der Waals surface area contributed by atoms with Crippen LogP contribution in [0.2, 0.25) is 58.9 Å². The van der Waals surface area contributed by atoms with Crippen molar-refractivity contribution in [2.45, 2.75) is 78.2 Å². The third-order valence-electron chi connectivity index (χ3n) is 2.66. The minimum atomic E-state index is -1.74. The predicted octanol–water partition coefficient (Wildman–Crippen LogP) is 4.79. The number of hydrogen-bond donors (Lipinski definition) is 0. The van der Waals surface area contributed by atoms with Gasteiger partial charge in [0.2, 0.25) is 0 Å². The van der Waals surface area contributed by atoms with E-state index in [1.54, 1.807) is 0 Å². The Morgan fingerprint density at radius 2 is 1.00 bits per heavy atom. The van der Waals surface area contributed by atoms with Gasteiger partial charge in [-0.05, 0) is 65.3 Å². The summed E-state index contributed by atoms with van der Waals surface area (Å²) in [6.07, 6.45) is 2.19. The fourth-order valence-electron chi connectivity index (χ4n) is 1.64. The normalized spacial score (nSPS) is 22.1. The first-order valence-corrected chi connectivity index (χ1v) is 18.7. The van der Waals surface area contributed by atoms with E-state index in [4.69, 9.17) is 13.6 Å². The molecule has 9 heteroatoms. The third-order valence-corrected chi connectivity index (χ3v) is 4.58. The van der Waals surface area contributed by atoms with Crippen LogP contribution in [-0.4, -0.2) is 42.1 Å².